The minimum absolute atomic E-state index is 0.352. The van der Waals surface area contributed by atoms with Crippen LogP contribution in [0.15, 0.2) is 0 Å². The van der Waals surface area contributed by atoms with Gasteiger partial charge in [0.1, 0.15) is 12.1 Å². The van der Waals surface area contributed by atoms with E-state index in [1.807, 2.05) is 0 Å². The van der Waals surface area contributed by atoms with Gasteiger partial charge in [0.2, 0.25) is 29.1 Å². The van der Waals surface area contributed by atoms with Crippen molar-refractivity contribution in [1.82, 2.24) is 5.32 Å². The standard InChI is InChI=1S/C12H11F5N2O/c1-3-19-12(2,4-18)5-20-11-9(16)7(14)6(13)8(15)10(11)17/h19H,3,5H2,1-2H3. The molecule has 0 bridgehead atoms. The zero-order chi connectivity index (χ0) is 15.5. The monoisotopic (exact) mass is 294 g/mol. The highest BCUT2D eigenvalue weighted by Gasteiger charge is 2.30. The van der Waals surface area contributed by atoms with Crippen molar-refractivity contribution < 1.29 is 26.7 Å². The van der Waals surface area contributed by atoms with E-state index < -0.39 is 47.0 Å². The lowest BCUT2D eigenvalue weighted by atomic mass is 10.1. The van der Waals surface area contributed by atoms with Gasteiger partial charge in [-0.1, -0.05) is 6.92 Å². The molecule has 110 valence electrons. The molecular weight excluding hydrogens is 283 g/mol. The Hall–Kier alpha value is -1.88. The fourth-order valence-electron chi connectivity index (χ4n) is 1.44. The van der Waals surface area contributed by atoms with Gasteiger partial charge in [0.05, 0.1) is 6.07 Å². The topological polar surface area (TPSA) is 45.0 Å². The molecule has 0 saturated heterocycles. The predicted octanol–water partition coefficient (Wildman–Crippen LogP) is 2.65. The molecule has 0 saturated carbocycles. The Balaban J connectivity index is 3.09. The zero-order valence-corrected chi connectivity index (χ0v) is 10.7. The van der Waals surface area contributed by atoms with Crippen LogP contribution in [0.3, 0.4) is 0 Å². The quantitative estimate of drug-likeness (QED) is 0.516. The van der Waals surface area contributed by atoms with Crippen LogP contribution in [-0.2, 0) is 0 Å². The number of hydrogen-bond acceptors (Lipinski definition) is 3. The molecule has 3 nitrogen and oxygen atoms in total. The molecule has 20 heavy (non-hydrogen) atoms. The molecule has 0 aliphatic heterocycles. The van der Waals surface area contributed by atoms with Gasteiger partial charge >= 0.3 is 0 Å². The number of likely N-dealkylation sites (N-methyl/N-ethyl adjacent to an activating group) is 1. The van der Waals surface area contributed by atoms with Gasteiger partial charge in [-0.15, -0.1) is 0 Å². The van der Waals surface area contributed by atoms with Crippen LogP contribution in [0.4, 0.5) is 22.0 Å². The first-order chi connectivity index (χ1) is 9.27. The summed E-state index contributed by atoms with van der Waals surface area (Å²) in [5.74, 6) is -12.0. The second-order valence-electron chi connectivity index (χ2n) is 4.16. The van der Waals surface area contributed by atoms with Crippen LogP contribution in [0.25, 0.3) is 0 Å². The largest absolute Gasteiger partial charge is 0.484 e. The van der Waals surface area contributed by atoms with Crippen molar-refractivity contribution in [3.8, 4) is 11.8 Å². The van der Waals surface area contributed by atoms with Crippen LogP contribution in [0.1, 0.15) is 13.8 Å². The van der Waals surface area contributed by atoms with Crippen molar-refractivity contribution in [3.05, 3.63) is 29.1 Å². The summed E-state index contributed by atoms with van der Waals surface area (Å²) in [7, 11) is 0. The van der Waals surface area contributed by atoms with Crippen LogP contribution in [0, 0.1) is 40.4 Å². The minimum atomic E-state index is -2.26. The highest BCUT2D eigenvalue weighted by atomic mass is 19.2. The number of rotatable bonds is 5. The first kappa shape index (κ1) is 16.2. The van der Waals surface area contributed by atoms with E-state index in [1.54, 1.807) is 13.0 Å². The third kappa shape index (κ3) is 2.99. The van der Waals surface area contributed by atoms with Crippen LogP contribution < -0.4 is 10.1 Å². The number of hydrogen-bond donors (Lipinski definition) is 1. The lowest BCUT2D eigenvalue weighted by Gasteiger charge is -2.23. The van der Waals surface area contributed by atoms with E-state index >= 15 is 0 Å². The molecule has 1 aromatic rings. The van der Waals surface area contributed by atoms with Gasteiger partial charge in [-0.2, -0.15) is 14.0 Å². The van der Waals surface area contributed by atoms with Crippen molar-refractivity contribution in [2.24, 2.45) is 0 Å². The fraction of sp³-hybridized carbons (Fsp3) is 0.417. The molecule has 0 radical (unpaired) electrons. The van der Waals surface area contributed by atoms with Gasteiger partial charge in [0.25, 0.3) is 0 Å². The maximum atomic E-state index is 13.3. The molecule has 8 heteroatoms. The Kier molecular flexibility index (Phi) is 4.89. The number of ether oxygens (including phenoxy) is 1. The summed E-state index contributed by atoms with van der Waals surface area (Å²) in [5, 5.41) is 11.6. The smallest absolute Gasteiger partial charge is 0.206 e. The molecule has 1 atom stereocenters. The van der Waals surface area contributed by atoms with Crippen molar-refractivity contribution >= 4 is 0 Å². The van der Waals surface area contributed by atoms with Gasteiger partial charge < -0.3 is 4.74 Å². The van der Waals surface area contributed by atoms with Gasteiger partial charge in [0.15, 0.2) is 5.75 Å². The molecule has 0 fully saturated rings. The van der Waals surface area contributed by atoms with Crippen molar-refractivity contribution in [1.29, 1.82) is 5.26 Å². The Morgan fingerprint density at radius 3 is 1.90 bits per heavy atom. The first-order valence-electron chi connectivity index (χ1n) is 5.58. The SMILES string of the molecule is CCNC(C)(C#N)COc1c(F)c(F)c(F)c(F)c1F. The third-order valence-corrected chi connectivity index (χ3v) is 2.49. The van der Waals surface area contributed by atoms with E-state index in [1.165, 1.54) is 6.92 Å². The van der Waals surface area contributed by atoms with Crippen LogP contribution in [0.2, 0.25) is 0 Å². The summed E-state index contributed by atoms with van der Waals surface area (Å²) in [6.07, 6.45) is 0. The summed E-state index contributed by atoms with van der Waals surface area (Å²) < 4.78 is 69.9. The van der Waals surface area contributed by atoms with Gasteiger partial charge in [-0.05, 0) is 13.5 Å². The summed E-state index contributed by atoms with van der Waals surface area (Å²) in [5.41, 5.74) is -1.32. The van der Waals surface area contributed by atoms with E-state index in [0.29, 0.717) is 6.54 Å². The number of nitrogens with zero attached hydrogens (tertiary/aromatic N) is 1. The van der Waals surface area contributed by atoms with Gasteiger partial charge in [0, 0.05) is 0 Å². The number of halogens is 5. The molecule has 0 spiro atoms. The maximum Gasteiger partial charge on any atom is 0.206 e. The summed E-state index contributed by atoms with van der Waals surface area (Å²) >= 11 is 0. The van der Waals surface area contributed by atoms with E-state index in [9.17, 15) is 22.0 Å². The average Bonchev–Trinajstić information content (AvgIpc) is 2.43. The molecule has 1 rings (SSSR count). The summed E-state index contributed by atoms with van der Waals surface area (Å²) in [6.45, 7) is 2.80. The molecule has 0 heterocycles. The molecule has 0 aliphatic carbocycles. The highest BCUT2D eigenvalue weighted by Crippen LogP contribution is 2.29. The average molecular weight is 294 g/mol. The molecule has 1 unspecified atom stereocenters. The maximum absolute atomic E-state index is 13.3. The first-order valence-corrected chi connectivity index (χ1v) is 5.58. The van der Waals surface area contributed by atoms with Gasteiger partial charge in [-0.25, -0.2) is 13.2 Å². The van der Waals surface area contributed by atoms with Crippen molar-refractivity contribution in [2.75, 3.05) is 13.2 Å². The molecule has 1 N–H and O–H groups in total. The Morgan fingerprint density at radius 2 is 1.50 bits per heavy atom. The Labute approximate surface area is 112 Å². The summed E-state index contributed by atoms with van der Waals surface area (Å²) in [4.78, 5) is 0. The lowest BCUT2D eigenvalue weighted by molar-refractivity contribution is 0.209. The van der Waals surface area contributed by atoms with Crippen LogP contribution in [0.5, 0.6) is 5.75 Å². The second kappa shape index (κ2) is 6.05. The third-order valence-electron chi connectivity index (χ3n) is 2.49. The van der Waals surface area contributed by atoms with E-state index in [0.717, 1.165) is 0 Å². The molecule has 1 aromatic carbocycles. The molecule has 0 aliphatic rings. The van der Waals surface area contributed by atoms with Crippen molar-refractivity contribution in [3.63, 3.8) is 0 Å². The van der Waals surface area contributed by atoms with E-state index in [4.69, 9.17) is 5.26 Å². The minimum Gasteiger partial charge on any atom is -0.484 e. The van der Waals surface area contributed by atoms with E-state index in [-0.39, 0.29) is 0 Å². The van der Waals surface area contributed by atoms with Crippen molar-refractivity contribution in [2.45, 2.75) is 19.4 Å². The van der Waals surface area contributed by atoms with Crippen LogP contribution >= 0.6 is 0 Å². The van der Waals surface area contributed by atoms with Crippen LogP contribution in [-0.4, -0.2) is 18.7 Å². The number of nitriles is 1. The number of benzene rings is 1. The predicted molar refractivity (Wildman–Crippen MR) is 59.4 cm³/mol. The molecular formula is C12H11F5N2O. The van der Waals surface area contributed by atoms with Gasteiger partial charge in [-0.3, -0.25) is 5.32 Å². The Bertz CT molecular complexity index is 529. The second-order valence-corrected chi connectivity index (χ2v) is 4.16. The fourth-order valence-corrected chi connectivity index (χ4v) is 1.44. The summed E-state index contributed by atoms with van der Waals surface area (Å²) in [6, 6.07) is 1.79. The zero-order valence-electron chi connectivity index (χ0n) is 10.7. The highest BCUT2D eigenvalue weighted by molar-refractivity contribution is 5.30. The lowest BCUT2D eigenvalue weighted by Crippen LogP contribution is -2.46. The van der Waals surface area contributed by atoms with E-state index in [2.05, 4.69) is 10.1 Å². The molecule has 0 aromatic heterocycles. The molecule has 0 amide bonds. The normalized spacial score (nSPS) is 13.7. The Morgan fingerprint density at radius 1 is 1.05 bits per heavy atom. The number of nitrogens with one attached hydrogen (secondary N) is 1.